The van der Waals surface area contributed by atoms with Gasteiger partial charge in [-0.05, 0) is 82.7 Å². The third-order valence-corrected chi connectivity index (χ3v) is 6.44. The Bertz CT molecular complexity index is 850. The maximum atomic E-state index is 13.3. The molecule has 2 aromatic rings. The van der Waals surface area contributed by atoms with Crippen LogP contribution >= 0.6 is 0 Å². The van der Waals surface area contributed by atoms with Gasteiger partial charge in [0.25, 0.3) is 5.91 Å². The predicted molar refractivity (Wildman–Crippen MR) is 110 cm³/mol. The normalized spacial score (nSPS) is 24.3. The Morgan fingerprint density at radius 1 is 1.00 bits per heavy atom. The Balaban J connectivity index is 1.63. The molecule has 2 fully saturated rings. The zero-order valence-electron chi connectivity index (χ0n) is 17.2. The molecule has 0 aliphatic carbocycles. The van der Waals surface area contributed by atoms with Gasteiger partial charge in [-0.1, -0.05) is 6.07 Å². The number of carbonyl (C=O) groups excluding carboxylic acids is 1. The van der Waals surface area contributed by atoms with Gasteiger partial charge in [0, 0.05) is 42.2 Å². The van der Waals surface area contributed by atoms with Crippen LogP contribution < -0.4 is 5.32 Å². The van der Waals surface area contributed by atoms with E-state index in [1.165, 1.54) is 24.0 Å². The lowest BCUT2D eigenvalue weighted by atomic mass is 9.98. The minimum atomic E-state index is 0.157. The zero-order valence-corrected chi connectivity index (χ0v) is 17.2. The molecule has 2 unspecified atom stereocenters. The fourth-order valence-electron chi connectivity index (χ4n) is 5.16. The van der Waals surface area contributed by atoms with Crippen molar-refractivity contribution in [1.82, 2.24) is 14.8 Å². The zero-order chi connectivity index (χ0) is 19.3. The Labute approximate surface area is 162 Å². The molecule has 0 radical (unpaired) electrons. The number of fused-ring (bicyclic) bond motifs is 2. The standard InChI is InChI=1S/C23H31N3O/c1-14-8-15(2)10-21(9-14)26-16(3)11-22(17(26)4)23(27)25(5)20-12-18-6-7-19(13-20)24-18/h8-11,18-20,24H,6-7,12-13H2,1-5H3. The van der Waals surface area contributed by atoms with Gasteiger partial charge < -0.3 is 14.8 Å². The minimum absolute atomic E-state index is 0.157. The van der Waals surface area contributed by atoms with Crippen LogP contribution in [-0.4, -0.2) is 40.5 Å². The van der Waals surface area contributed by atoms with Crippen molar-refractivity contribution in [3.8, 4) is 5.69 Å². The van der Waals surface area contributed by atoms with Gasteiger partial charge in [-0.3, -0.25) is 4.79 Å². The highest BCUT2D eigenvalue weighted by Gasteiger charge is 2.37. The highest BCUT2D eigenvalue weighted by atomic mass is 16.2. The fraction of sp³-hybridized carbons (Fsp3) is 0.522. The number of aryl methyl sites for hydroxylation is 3. The molecule has 4 rings (SSSR count). The number of hydrogen-bond donors (Lipinski definition) is 1. The monoisotopic (exact) mass is 365 g/mol. The third-order valence-electron chi connectivity index (χ3n) is 6.44. The van der Waals surface area contributed by atoms with Gasteiger partial charge >= 0.3 is 0 Å². The van der Waals surface area contributed by atoms with Crippen LogP contribution in [0, 0.1) is 27.7 Å². The van der Waals surface area contributed by atoms with Gasteiger partial charge in [0.05, 0.1) is 5.56 Å². The van der Waals surface area contributed by atoms with Crippen molar-refractivity contribution in [1.29, 1.82) is 0 Å². The molecule has 0 spiro atoms. The number of nitrogens with one attached hydrogen (secondary N) is 1. The second kappa shape index (κ2) is 6.83. The molecule has 4 heteroatoms. The summed E-state index contributed by atoms with van der Waals surface area (Å²) in [7, 11) is 1.99. The number of rotatable bonds is 3. The number of nitrogens with zero attached hydrogens (tertiary/aromatic N) is 2. The molecule has 3 heterocycles. The average Bonchev–Trinajstić information content (AvgIpc) is 3.10. The minimum Gasteiger partial charge on any atom is -0.339 e. The Morgan fingerprint density at radius 2 is 1.59 bits per heavy atom. The van der Waals surface area contributed by atoms with E-state index in [1.54, 1.807) is 0 Å². The van der Waals surface area contributed by atoms with E-state index in [4.69, 9.17) is 0 Å². The number of carbonyl (C=O) groups is 1. The summed E-state index contributed by atoms with van der Waals surface area (Å²) in [6.45, 7) is 8.40. The van der Waals surface area contributed by atoms with Crippen LogP contribution in [0.3, 0.4) is 0 Å². The van der Waals surface area contributed by atoms with E-state index in [-0.39, 0.29) is 5.91 Å². The number of benzene rings is 1. The first-order valence-electron chi connectivity index (χ1n) is 10.1. The quantitative estimate of drug-likeness (QED) is 0.890. The van der Waals surface area contributed by atoms with Crippen molar-refractivity contribution >= 4 is 5.91 Å². The largest absolute Gasteiger partial charge is 0.339 e. The lowest BCUT2D eigenvalue weighted by Gasteiger charge is -2.35. The molecule has 1 N–H and O–H groups in total. The van der Waals surface area contributed by atoms with Crippen LogP contribution in [0.5, 0.6) is 0 Å². The van der Waals surface area contributed by atoms with Crippen molar-refractivity contribution in [3.05, 3.63) is 52.3 Å². The van der Waals surface area contributed by atoms with Gasteiger partial charge in [-0.25, -0.2) is 0 Å². The average molecular weight is 366 g/mol. The highest BCUT2D eigenvalue weighted by Crippen LogP contribution is 2.31. The summed E-state index contributed by atoms with van der Waals surface area (Å²) in [6, 6.07) is 10.1. The maximum absolute atomic E-state index is 13.3. The van der Waals surface area contributed by atoms with Crippen molar-refractivity contribution in [2.45, 2.75) is 71.5 Å². The summed E-state index contributed by atoms with van der Waals surface area (Å²) in [5.41, 5.74) is 6.61. The molecule has 4 nitrogen and oxygen atoms in total. The van der Waals surface area contributed by atoms with E-state index in [1.807, 2.05) is 11.9 Å². The smallest absolute Gasteiger partial charge is 0.255 e. The van der Waals surface area contributed by atoms with E-state index in [0.717, 1.165) is 35.5 Å². The number of amides is 1. The molecule has 2 atom stereocenters. The van der Waals surface area contributed by atoms with Crippen molar-refractivity contribution < 1.29 is 4.79 Å². The van der Waals surface area contributed by atoms with Crippen LogP contribution in [0.4, 0.5) is 0 Å². The molecule has 2 saturated heterocycles. The van der Waals surface area contributed by atoms with Gasteiger partial charge in [0.1, 0.15) is 0 Å². The molecule has 2 aliphatic rings. The Kier molecular flexibility index (Phi) is 4.63. The SMILES string of the molecule is Cc1cc(C)cc(-n2c(C)cc(C(=O)N(C)C3CC4CCC(C3)N4)c2C)c1. The summed E-state index contributed by atoms with van der Waals surface area (Å²) in [4.78, 5) is 15.3. The maximum Gasteiger partial charge on any atom is 0.255 e. The molecule has 27 heavy (non-hydrogen) atoms. The fourth-order valence-corrected chi connectivity index (χ4v) is 5.16. The summed E-state index contributed by atoms with van der Waals surface area (Å²) in [5.74, 6) is 0.157. The topological polar surface area (TPSA) is 37.3 Å². The van der Waals surface area contributed by atoms with Crippen LogP contribution in [0.2, 0.25) is 0 Å². The van der Waals surface area contributed by atoms with Crippen molar-refractivity contribution in [2.24, 2.45) is 0 Å². The number of aromatic nitrogens is 1. The second-order valence-electron chi connectivity index (χ2n) is 8.65. The molecule has 144 valence electrons. The molecule has 2 aliphatic heterocycles. The molecule has 1 amide bonds. The van der Waals surface area contributed by atoms with Gasteiger partial charge in [-0.2, -0.15) is 0 Å². The van der Waals surface area contributed by atoms with E-state index in [2.05, 4.69) is 61.8 Å². The highest BCUT2D eigenvalue weighted by molar-refractivity contribution is 5.96. The Morgan fingerprint density at radius 3 is 2.19 bits per heavy atom. The Hall–Kier alpha value is -2.07. The molecular formula is C23H31N3O. The summed E-state index contributed by atoms with van der Waals surface area (Å²) in [5, 5.41) is 3.67. The third kappa shape index (κ3) is 3.31. The number of hydrogen-bond acceptors (Lipinski definition) is 2. The van der Waals surface area contributed by atoms with Gasteiger partial charge in [0.15, 0.2) is 0 Å². The second-order valence-corrected chi connectivity index (χ2v) is 8.65. The predicted octanol–water partition coefficient (Wildman–Crippen LogP) is 4.07. The first kappa shape index (κ1) is 18.3. The first-order chi connectivity index (χ1) is 12.8. The molecule has 2 bridgehead atoms. The van der Waals surface area contributed by atoms with E-state index in [9.17, 15) is 4.79 Å². The summed E-state index contributed by atoms with van der Waals surface area (Å²) >= 11 is 0. The van der Waals surface area contributed by atoms with Gasteiger partial charge in [0.2, 0.25) is 0 Å². The van der Waals surface area contributed by atoms with Crippen LogP contribution in [-0.2, 0) is 0 Å². The van der Waals surface area contributed by atoms with E-state index >= 15 is 0 Å². The van der Waals surface area contributed by atoms with Gasteiger partial charge in [-0.15, -0.1) is 0 Å². The molecular weight excluding hydrogens is 334 g/mol. The molecule has 0 saturated carbocycles. The summed E-state index contributed by atoms with van der Waals surface area (Å²) in [6.07, 6.45) is 4.66. The van der Waals surface area contributed by atoms with E-state index < -0.39 is 0 Å². The van der Waals surface area contributed by atoms with Crippen molar-refractivity contribution in [2.75, 3.05) is 7.05 Å². The molecule has 1 aromatic carbocycles. The lowest BCUT2D eigenvalue weighted by molar-refractivity contribution is 0.0681. The summed E-state index contributed by atoms with van der Waals surface area (Å²) < 4.78 is 2.22. The van der Waals surface area contributed by atoms with Crippen molar-refractivity contribution in [3.63, 3.8) is 0 Å². The van der Waals surface area contributed by atoms with Crippen LogP contribution in [0.25, 0.3) is 5.69 Å². The molecule has 1 aromatic heterocycles. The van der Waals surface area contributed by atoms with E-state index in [0.29, 0.717) is 18.1 Å². The number of piperidine rings is 1. The van der Waals surface area contributed by atoms with Crippen LogP contribution in [0.15, 0.2) is 24.3 Å². The first-order valence-corrected chi connectivity index (χ1v) is 10.1. The lowest BCUT2D eigenvalue weighted by Crippen LogP contribution is -2.48. The van der Waals surface area contributed by atoms with Crippen LogP contribution in [0.1, 0.15) is 58.6 Å².